The van der Waals surface area contributed by atoms with E-state index >= 15 is 0 Å². The second-order valence-corrected chi connectivity index (χ2v) is 19.2. The van der Waals surface area contributed by atoms with Gasteiger partial charge in [0, 0.05) is 90.7 Å². The summed E-state index contributed by atoms with van der Waals surface area (Å²) >= 11 is 1.47. The van der Waals surface area contributed by atoms with Crippen LogP contribution in [0.2, 0.25) is 0 Å². The summed E-state index contributed by atoms with van der Waals surface area (Å²) in [4.78, 5) is 95.6. The molecule has 6 aromatic rings. The molecule has 0 spiro atoms. The van der Waals surface area contributed by atoms with Gasteiger partial charge < -0.3 is 26.2 Å². The van der Waals surface area contributed by atoms with Crippen LogP contribution in [0.15, 0.2) is 98.7 Å². The van der Waals surface area contributed by atoms with Crippen LogP contribution in [0.1, 0.15) is 56.6 Å². The van der Waals surface area contributed by atoms with Gasteiger partial charge in [0.1, 0.15) is 31.3 Å². The van der Waals surface area contributed by atoms with Crippen molar-refractivity contribution >= 4 is 41.1 Å². The molecule has 0 unspecified atom stereocenters. The van der Waals surface area contributed by atoms with E-state index < -0.39 is 35.0 Å². The van der Waals surface area contributed by atoms with Crippen molar-refractivity contribution in [3.63, 3.8) is 0 Å². The summed E-state index contributed by atoms with van der Waals surface area (Å²) in [6.45, 7) is 1.14. The number of hydrogen-bond acceptors (Lipinski definition) is 15. The molecule has 21 heteroatoms. The number of rotatable bonds is 21. The zero-order chi connectivity index (χ0) is 49.6. The monoisotopic (exact) mass is 980 g/mol. The number of carbonyl (C=O) groups excluding carboxylic acids is 3. The molecule has 71 heavy (non-hydrogen) atoms. The number of carbonyl (C=O) groups is 3. The van der Waals surface area contributed by atoms with Crippen LogP contribution in [-0.4, -0.2) is 107 Å². The van der Waals surface area contributed by atoms with Gasteiger partial charge in [-0.05, 0) is 125 Å². The van der Waals surface area contributed by atoms with Crippen LogP contribution in [0.5, 0.6) is 0 Å². The number of pyridine rings is 3. The highest BCUT2D eigenvalue weighted by molar-refractivity contribution is 7.98. The standard InChI is InChI=1S/C50H56N14O6S/c1-4-51-43(65)29-63-48(69)32(20-39(59-63)35-9-13-42(55-26-35)61(2)50-22-31(23-50)24-50)17-19-53-45(67)30-64-49(70)33(21-40(60-64)36-10-14-46(71-3)56-27-36)16-18-52-44(66)28-62-47(68)15-11-38(58-62)34-8-12-41(54-25-34)57-37-6-5-7-37/h8-15,20-21,25-27,31,37H,4-7,16-19,22-24,28-30H2,1-3H3,(H,51,65)(H,52,66)(H,53,67)(H,54,57). The first-order chi connectivity index (χ1) is 34.4. The molecule has 4 saturated carbocycles. The van der Waals surface area contributed by atoms with E-state index in [1.807, 2.05) is 42.7 Å². The van der Waals surface area contributed by atoms with Gasteiger partial charge in [-0.3, -0.25) is 28.8 Å². The second-order valence-electron chi connectivity index (χ2n) is 18.4. The lowest BCUT2D eigenvalue weighted by Crippen LogP contribution is -2.67. The van der Waals surface area contributed by atoms with Crippen molar-refractivity contribution in [3.05, 3.63) is 121 Å². The Morgan fingerprint density at radius 3 is 1.72 bits per heavy atom. The predicted molar refractivity (Wildman–Crippen MR) is 269 cm³/mol. The normalized spacial score (nSPS) is 16.7. The smallest absolute Gasteiger partial charge is 0.270 e. The number of hydrogen-bond donors (Lipinski definition) is 4. The van der Waals surface area contributed by atoms with E-state index in [4.69, 9.17) is 4.98 Å². The molecule has 368 valence electrons. The highest BCUT2D eigenvalue weighted by Crippen LogP contribution is 2.60. The molecule has 3 amide bonds. The summed E-state index contributed by atoms with van der Waals surface area (Å²) in [6, 6.07) is 17.8. The number of anilines is 2. The fourth-order valence-corrected chi connectivity index (χ4v) is 9.44. The molecule has 0 aromatic carbocycles. The van der Waals surface area contributed by atoms with Crippen molar-refractivity contribution in [3.8, 4) is 33.8 Å². The fourth-order valence-electron chi connectivity index (χ4n) is 9.08. The van der Waals surface area contributed by atoms with Crippen LogP contribution in [0.25, 0.3) is 33.8 Å². The lowest BCUT2D eigenvalue weighted by Gasteiger charge is -2.66. The summed E-state index contributed by atoms with van der Waals surface area (Å²) in [5.41, 5.74) is 2.60. The largest absolute Gasteiger partial charge is 0.367 e. The van der Waals surface area contributed by atoms with Gasteiger partial charge in [-0.1, -0.05) is 0 Å². The van der Waals surface area contributed by atoms with E-state index in [1.165, 1.54) is 43.5 Å². The van der Waals surface area contributed by atoms with E-state index in [0.29, 0.717) is 51.9 Å². The number of amides is 3. The Kier molecular flexibility index (Phi) is 14.5. The first-order valence-electron chi connectivity index (χ1n) is 23.9. The topological polar surface area (TPSA) is 246 Å². The average molecular weight is 981 g/mol. The molecule has 2 bridgehead atoms. The molecular formula is C50H56N14O6S. The molecule has 4 fully saturated rings. The van der Waals surface area contributed by atoms with Crippen molar-refractivity contribution < 1.29 is 14.4 Å². The first-order valence-corrected chi connectivity index (χ1v) is 25.1. The van der Waals surface area contributed by atoms with Crippen LogP contribution < -0.4 is 42.8 Å². The van der Waals surface area contributed by atoms with Crippen LogP contribution in [-0.2, 0) is 46.9 Å². The maximum atomic E-state index is 13.9. The maximum absolute atomic E-state index is 13.9. The molecule has 20 nitrogen and oxygen atoms in total. The van der Waals surface area contributed by atoms with Crippen LogP contribution in [0.3, 0.4) is 0 Å². The van der Waals surface area contributed by atoms with E-state index in [2.05, 4.69) is 58.5 Å². The number of thioether (sulfide) groups is 1. The molecule has 0 radical (unpaired) electrons. The lowest BCUT2D eigenvalue weighted by atomic mass is 9.49. The Hall–Kier alpha value is -7.55. The van der Waals surface area contributed by atoms with Crippen LogP contribution in [0.4, 0.5) is 11.6 Å². The third kappa shape index (κ3) is 11.1. The Balaban J connectivity index is 0.860. The number of likely N-dealkylation sites (N-methyl/N-ethyl adjacent to an activating group) is 1. The minimum Gasteiger partial charge on any atom is -0.367 e. The zero-order valence-corrected chi connectivity index (χ0v) is 40.7. The molecule has 4 N–H and O–H groups in total. The third-order valence-electron chi connectivity index (χ3n) is 13.5. The van der Waals surface area contributed by atoms with Crippen molar-refractivity contribution in [2.24, 2.45) is 5.92 Å². The van der Waals surface area contributed by atoms with Gasteiger partial charge in [-0.25, -0.2) is 29.0 Å². The molecule has 0 atom stereocenters. The van der Waals surface area contributed by atoms with Gasteiger partial charge in [-0.15, -0.1) is 11.8 Å². The minimum atomic E-state index is -0.540. The van der Waals surface area contributed by atoms with Gasteiger partial charge in [0.25, 0.3) is 16.7 Å². The predicted octanol–water partition coefficient (Wildman–Crippen LogP) is 3.07. The Morgan fingerprint density at radius 2 is 1.23 bits per heavy atom. The van der Waals surface area contributed by atoms with Gasteiger partial charge >= 0.3 is 0 Å². The van der Waals surface area contributed by atoms with Crippen molar-refractivity contribution in [1.29, 1.82) is 0 Å². The molecule has 10 rings (SSSR count). The van der Waals surface area contributed by atoms with E-state index in [9.17, 15) is 28.8 Å². The Labute approximate surface area is 413 Å². The summed E-state index contributed by atoms with van der Waals surface area (Å²) in [5.74, 6) is 1.05. The number of aromatic nitrogens is 9. The SMILES string of the molecule is CCNC(=O)Cn1nc(-c2ccc(N(C)C34CC(C3)C4)nc2)cc(CCNC(=O)Cn2nc(-c3ccc(SC)nc3)cc(CCNC(=O)Cn3nc(-c4ccc(NC5CCC5)nc4)ccc3=O)c2=O)c1=O. The number of nitrogens with one attached hydrogen (secondary N) is 4. The van der Waals surface area contributed by atoms with Crippen LogP contribution in [0, 0.1) is 5.92 Å². The molecule has 6 aromatic heterocycles. The van der Waals surface area contributed by atoms with Crippen molar-refractivity contribution in [2.75, 3.05) is 43.2 Å². The lowest BCUT2D eigenvalue weighted by molar-refractivity contribution is -0.122. The molecule has 6 heterocycles. The molecular weight excluding hydrogens is 925 g/mol. The first kappa shape index (κ1) is 48.5. The summed E-state index contributed by atoms with van der Waals surface area (Å²) in [7, 11) is 2.07. The summed E-state index contributed by atoms with van der Waals surface area (Å²) in [6.07, 6.45) is 14.1. The minimum absolute atomic E-state index is 0.0268. The maximum Gasteiger partial charge on any atom is 0.270 e. The van der Waals surface area contributed by atoms with E-state index in [1.54, 1.807) is 43.7 Å². The fraction of sp³-hybridized carbons (Fsp3) is 0.400. The molecule has 0 aliphatic heterocycles. The third-order valence-corrected chi connectivity index (χ3v) is 14.2. The van der Waals surface area contributed by atoms with Crippen molar-refractivity contribution in [2.45, 2.75) is 94.5 Å². The molecule has 4 aliphatic carbocycles. The van der Waals surface area contributed by atoms with E-state index in [0.717, 1.165) is 49.5 Å². The Morgan fingerprint density at radius 1 is 0.676 bits per heavy atom. The van der Waals surface area contributed by atoms with Gasteiger partial charge in [0.2, 0.25) is 17.7 Å². The number of nitrogens with zero attached hydrogens (tertiary/aromatic N) is 10. The highest BCUT2D eigenvalue weighted by atomic mass is 32.2. The van der Waals surface area contributed by atoms with E-state index in [-0.39, 0.29) is 56.0 Å². The average Bonchev–Trinajstić information content (AvgIpc) is 3.32. The van der Waals surface area contributed by atoms with Gasteiger partial charge in [0.05, 0.1) is 22.1 Å². The van der Waals surface area contributed by atoms with Gasteiger partial charge in [0.15, 0.2) is 0 Å². The van der Waals surface area contributed by atoms with Gasteiger partial charge in [-0.2, -0.15) is 15.3 Å². The molecule has 4 aliphatic rings. The van der Waals surface area contributed by atoms with Crippen LogP contribution >= 0.6 is 11.8 Å². The summed E-state index contributed by atoms with van der Waals surface area (Å²) < 4.78 is 3.27. The zero-order valence-electron chi connectivity index (χ0n) is 39.9. The molecule has 0 saturated heterocycles. The van der Waals surface area contributed by atoms with Crippen molar-refractivity contribution in [1.82, 2.24) is 60.2 Å². The summed E-state index contributed by atoms with van der Waals surface area (Å²) in [5, 5.41) is 26.0. The quantitative estimate of drug-likeness (QED) is 0.0758. The highest BCUT2D eigenvalue weighted by Gasteiger charge is 2.59. The Bertz CT molecular complexity index is 3100. The second kappa shape index (κ2) is 21.2.